The number of halogens is 1. The first-order valence-electron chi connectivity index (χ1n) is 7.18. The number of phenolic OH excluding ortho intramolecular Hbond substituents is 1. The van der Waals surface area contributed by atoms with Crippen molar-refractivity contribution in [2.45, 2.75) is 6.92 Å². The molecule has 8 heteroatoms. The van der Waals surface area contributed by atoms with Gasteiger partial charge < -0.3 is 15.2 Å². The van der Waals surface area contributed by atoms with Gasteiger partial charge in [-0.05, 0) is 48.4 Å². The second-order valence-corrected chi connectivity index (χ2v) is 5.48. The van der Waals surface area contributed by atoms with Gasteiger partial charge >= 0.3 is 11.8 Å². The van der Waals surface area contributed by atoms with Gasteiger partial charge in [0, 0.05) is 10.7 Å². The minimum Gasteiger partial charge on any atom is -0.504 e. The summed E-state index contributed by atoms with van der Waals surface area (Å²) >= 11 is 5.86. The van der Waals surface area contributed by atoms with E-state index in [-0.39, 0.29) is 11.5 Å². The molecule has 0 unspecified atom stereocenters. The Morgan fingerprint density at radius 2 is 1.96 bits per heavy atom. The fourth-order valence-electron chi connectivity index (χ4n) is 1.90. The SMILES string of the molecule is COc1cc(C=NNC(=O)C(=O)Nc2cc(Cl)ccc2C)ccc1O. The number of hydrogen-bond acceptors (Lipinski definition) is 5. The van der Waals surface area contributed by atoms with Gasteiger partial charge in [-0.1, -0.05) is 17.7 Å². The topological polar surface area (TPSA) is 100 Å². The molecule has 2 amide bonds. The highest BCUT2D eigenvalue weighted by Gasteiger charge is 2.14. The molecule has 0 aromatic heterocycles. The zero-order valence-electron chi connectivity index (χ0n) is 13.5. The summed E-state index contributed by atoms with van der Waals surface area (Å²) in [5, 5.41) is 16.1. The minimum atomic E-state index is -0.929. The Hall–Kier alpha value is -3.06. The van der Waals surface area contributed by atoms with Gasteiger partial charge in [0.25, 0.3) is 0 Å². The molecule has 25 heavy (non-hydrogen) atoms. The Morgan fingerprint density at radius 3 is 2.68 bits per heavy atom. The summed E-state index contributed by atoms with van der Waals surface area (Å²) in [5.74, 6) is -1.54. The number of anilines is 1. The van der Waals surface area contributed by atoms with Gasteiger partial charge in [-0.15, -0.1) is 0 Å². The van der Waals surface area contributed by atoms with Crippen LogP contribution in [-0.4, -0.2) is 30.2 Å². The third kappa shape index (κ3) is 4.95. The van der Waals surface area contributed by atoms with Gasteiger partial charge in [0.05, 0.1) is 13.3 Å². The van der Waals surface area contributed by atoms with Crippen LogP contribution in [0.3, 0.4) is 0 Å². The number of aromatic hydroxyl groups is 1. The van der Waals surface area contributed by atoms with Crippen molar-refractivity contribution in [2.75, 3.05) is 12.4 Å². The molecule has 0 heterocycles. The molecule has 7 nitrogen and oxygen atoms in total. The number of nitrogens with zero attached hydrogens (tertiary/aromatic N) is 1. The maximum atomic E-state index is 11.9. The third-order valence-electron chi connectivity index (χ3n) is 3.24. The first-order chi connectivity index (χ1) is 11.9. The molecule has 3 N–H and O–H groups in total. The lowest BCUT2D eigenvalue weighted by Gasteiger charge is -2.07. The van der Waals surface area contributed by atoms with Crippen molar-refractivity contribution in [1.29, 1.82) is 0 Å². The largest absolute Gasteiger partial charge is 0.504 e. The van der Waals surface area contributed by atoms with Crippen LogP contribution in [0.2, 0.25) is 5.02 Å². The molecular formula is C17H16ClN3O4. The van der Waals surface area contributed by atoms with Crippen LogP contribution in [0.4, 0.5) is 5.69 Å². The maximum absolute atomic E-state index is 11.9. The molecule has 0 aliphatic rings. The number of carbonyl (C=O) groups is 2. The molecule has 0 saturated carbocycles. The zero-order valence-corrected chi connectivity index (χ0v) is 14.3. The molecule has 0 bridgehead atoms. The van der Waals surface area contributed by atoms with E-state index in [4.69, 9.17) is 16.3 Å². The van der Waals surface area contributed by atoms with Gasteiger partial charge in [0.1, 0.15) is 0 Å². The second-order valence-electron chi connectivity index (χ2n) is 5.04. The van der Waals surface area contributed by atoms with Crippen LogP contribution in [-0.2, 0) is 9.59 Å². The number of nitrogens with one attached hydrogen (secondary N) is 2. The van der Waals surface area contributed by atoms with Crippen molar-refractivity contribution >= 4 is 35.3 Å². The highest BCUT2D eigenvalue weighted by Crippen LogP contribution is 2.25. The Kier molecular flexibility index (Phi) is 5.97. The molecule has 0 atom stereocenters. The Balaban J connectivity index is 1.97. The molecule has 0 fully saturated rings. The molecule has 130 valence electrons. The van der Waals surface area contributed by atoms with Gasteiger partial charge in [0.2, 0.25) is 0 Å². The number of aryl methyl sites for hydroxylation is 1. The lowest BCUT2D eigenvalue weighted by atomic mass is 10.2. The van der Waals surface area contributed by atoms with E-state index >= 15 is 0 Å². The summed E-state index contributed by atoms with van der Waals surface area (Å²) in [6.45, 7) is 1.78. The Morgan fingerprint density at radius 1 is 1.20 bits per heavy atom. The molecule has 0 radical (unpaired) electrons. The number of carbonyl (C=O) groups excluding carboxylic acids is 2. The fraction of sp³-hybridized carbons (Fsp3) is 0.118. The monoisotopic (exact) mass is 361 g/mol. The molecule has 0 aliphatic carbocycles. The van der Waals surface area contributed by atoms with E-state index in [9.17, 15) is 14.7 Å². The quantitative estimate of drug-likeness (QED) is 0.442. The summed E-state index contributed by atoms with van der Waals surface area (Å²) in [6.07, 6.45) is 1.32. The first-order valence-corrected chi connectivity index (χ1v) is 7.56. The van der Waals surface area contributed by atoms with E-state index in [0.717, 1.165) is 5.56 Å². The highest BCUT2D eigenvalue weighted by molar-refractivity contribution is 6.40. The number of phenols is 1. The Bertz CT molecular complexity index is 837. The van der Waals surface area contributed by atoms with Gasteiger partial charge in [0.15, 0.2) is 11.5 Å². The molecule has 2 aromatic rings. The van der Waals surface area contributed by atoms with Crippen LogP contribution < -0.4 is 15.5 Å². The van der Waals surface area contributed by atoms with Gasteiger partial charge in [-0.2, -0.15) is 5.10 Å². The van der Waals surface area contributed by atoms with E-state index < -0.39 is 11.8 Å². The molecule has 2 aromatic carbocycles. The normalized spacial score (nSPS) is 10.5. The average Bonchev–Trinajstić information content (AvgIpc) is 2.59. The predicted molar refractivity (Wildman–Crippen MR) is 95.2 cm³/mol. The smallest absolute Gasteiger partial charge is 0.329 e. The maximum Gasteiger partial charge on any atom is 0.329 e. The summed E-state index contributed by atoms with van der Waals surface area (Å²) in [5.41, 5.74) is 3.90. The van der Waals surface area contributed by atoms with Crippen LogP contribution in [0.5, 0.6) is 11.5 Å². The van der Waals surface area contributed by atoms with Gasteiger partial charge in [-0.25, -0.2) is 5.43 Å². The van der Waals surface area contributed by atoms with Crippen molar-refractivity contribution in [3.8, 4) is 11.5 Å². The second kappa shape index (κ2) is 8.16. The van der Waals surface area contributed by atoms with Crippen molar-refractivity contribution in [2.24, 2.45) is 5.10 Å². The molecule has 0 spiro atoms. The van der Waals surface area contributed by atoms with E-state index in [2.05, 4.69) is 15.8 Å². The number of hydrogen-bond donors (Lipinski definition) is 3. The number of hydrazone groups is 1. The van der Waals surface area contributed by atoms with Crippen molar-refractivity contribution in [1.82, 2.24) is 5.43 Å². The van der Waals surface area contributed by atoms with Gasteiger partial charge in [-0.3, -0.25) is 9.59 Å². The summed E-state index contributed by atoms with van der Waals surface area (Å²) in [4.78, 5) is 23.6. The summed E-state index contributed by atoms with van der Waals surface area (Å²) in [6, 6.07) is 9.49. The van der Waals surface area contributed by atoms with Crippen LogP contribution in [0.25, 0.3) is 0 Å². The third-order valence-corrected chi connectivity index (χ3v) is 3.47. The van der Waals surface area contributed by atoms with E-state index in [1.807, 2.05) is 0 Å². The first kappa shape index (κ1) is 18.3. The minimum absolute atomic E-state index is 0.0139. The van der Waals surface area contributed by atoms with E-state index in [1.165, 1.54) is 25.5 Å². The van der Waals surface area contributed by atoms with Crippen molar-refractivity contribution < 1.29 is 19.4 Å². The molecule has 2 rings (SSSR count). The summed E-state index contributed by atoms with van der Waals surface area (Å²) in [7, 11) is 1.42. The summed E-state index contributed by atoms with van der Waals surface area (Å²) < 4.78 is 4.96. The Labute approximate surface area is 149 Å². The lowest BCUT2D eigenvalue weighted by molar-refractivity contribution is -0.136. The van der Waals surface area contributed by atoms with E-state index in [0.29, 0.717) is 16.3 Å². The molecule has 0 saturated heterocycles. The number of ether oxygens (including phenoxy) is 1. The number of methoxy groups -OCH3 is 1. The average molecular weight is 362 g/mol. The number of benzene rings is 2. The number of rotatable bonds is 4. The number of amides is 2. The lowest BCUT2D eigenvalue weighted by Crippen LogP contribution is -2.32. The van der Waals surface area contributed by atoms with Crippen molar-refractivity contribution in [3.05, 3.63) is 52.5 Å². The standard InChI is InChI=1S/C17H16ClN3O4/c1-10-3-5-12(18)8-13(10)20-16(23)17(24)21-19-9-11-4-6-14(22)15(7-11)25-2/h3-9,22H,1-2H3,(H,20,23)(H,21,24). The highest BCUT2D eigenvalue weighted by atomic mass is 35.5. The predicted octanol–water partition coefficient (Wildman–Crippen LogP) is 2.45. The van der Waals surface area contributed by atoms with Crippen LogP contribution in [0, 0.1) is 6.92 Å². The van der Waals surface area contributed by atoms with Crippen molar-refractivity contribution in [3.63, 3.8) is 0 Å². The zero-order chi connectivity index (χ0) is 18.4. The molecular weight excluding hydrogens is 346 g/mol. The van der Waals surface area contributed by atoms with Crippen LogP contribution in [0.15, 0.2) is 41.5 Å². The fourth-order valence-corrected chi connectivity index (χ4v) is 2.07. The van der Waals surface area contributed by atoms with Crippen LogP contribution in [0.1, 0.15) is 11.1 Å². The molecule has 0 aliphatic heterocycles. The van der Waals surface area contributed by atoms with E-state index in [1.54, 1.807) is 31.2 Å². The van der Waals surface area contributed by atoms with Crippen LogP contribution >= 0.6 is 11.6 Å².